The van der Waals surface area contributed by atoms with Gasteiger partial charge in [0.15, 0.2) is 0 Å². The van der Waals surface area contributed by atoms with Crippen molar-refractivity contribution in [1.82, 2.24) is 5.32 Å². The van der Waals surface area contributed by atoms with Crippen LogP contribution in [-0.2, 0) is 0 Å². The standard InChI is InChI=1S/C8H15NO/c10-7-1-2-8(7)3-5-9-6-4-8/h7,9-10H,1-6H2. The van der Waals surface area contributed by atoms with Gasteiger partial charge >= 0.3 is 0 Å². The van der Waals surface area contributed by atoms with Gasteiger partial charge in [-0.2, -0.15) is 0 Å². The summed E-state index contributed by atoms with van der Waals surface area (Å²) in [6.07, 6.45) is 4.70. The summed E-state index contributed by atoms with van der Waals surface area (Å²) in [7, 11) is 0. The molecule has 2 aliphatic rings. The third kappa shape index (κ3) is 0.789. The van der Waals surface area contributed by atoms with Gasteiger partial charge in [0.1, 0.15) is 0 Å². The van der Waals surface area contributed by atoms with E-state index in [1.54, 1.807) is 0 Å². The summed E-state index contributed by atoms with van der Waals surface area (Å²) < 4.78 is 0. The van der Waals surface area contributed by atoms with E-state index in [0.717, 1.165) is 19.5 Å². The van der Waals surface area contributed by atoms with Crippen molar-refractivity contribution in [2.24, 2.45) is 5.41 Å². The van der Waals surface area contributed by atoms with E-state index >= 15 is 0 Å². The predicted octanol–water partition coefficient (Wildman–Crippen LogP) is 0.511. The lowest BCUT2D eigenvalue weighted by Crippen LogP contribution is -2.51. The number of hydrogen-bond donors (Lipinski definition) is 2. The van der Waals surface area contributed by atoms with Crippen molar-refractivity contribution in [2.45, 2.75) is 31.8 Å². The predicted molar refractivity (Wildman–Crippen MR) is 39.8 cm³/mol. The first-order valence-corrected chi connectivity index (χ1v) is 4.22. The van der Waals surface area contributed by atoms with Gasteiger partial charge in [0.2, 0.25) is 0 Å². The van der Waals surface area contributed by atoms with Crippen molar-refractivity contribution in [1.29, 1.82) is 0 Å². The summed E-state index contributed by atoms with van der Waals surface area (Å²) in [4.78, 5) is 0. The zero-order valence-corrected chi connectivity index (χ0v) is 6.27. The average molecular weight is 141 g/mol. The second-order valence-corrected chi connectivity index (χ2v) is 3.67. The highest BCUT2D eigenvalue weighted by molar-refractivity contribution is 4.98. The van der Waals surface area contributed by atoms with Gasteiger partial charge in [-0.25, -0.2) is 0 Å². The fraction of sp³-hybridized carbons (Fsp3) is 1.00. The van der Waals surface area contributed by atoms with Gasteiger partial charge < -0.3 is 10.4 Å². The number of aliphatic hydroxyl groups is 1. The van der Waals surface area contributed by atoms with E-state index in [1.807, 2.05) is 0 Å². The highest BCUT2D eigenvalue weighted by Crippen LogP contribution is 2.47. The van der Waals surface area contributed by atoms with E-state index in [2.05, 4.69) is 5.32 Å². The molecule has 2 rings (SSSR count). The molecule has 0 radical (unpaired) electrons. The van der Waals surface area contributed by atoms with Crippen LogP contribution >= 0.6 is 0 Å². The van der Waals surface area contributed by atoms with Crippen LogP contribution in [0.15, 0.2) is 0 Å². The first-order valence-electron chi connectivity index (χ1n) is 4.22. The van der Waals surface area contributed by atoms with Gasteiger partial charge in [0, 0.05) is 0 Å². The molecule has 1 saturated heterocycles. The summed E-state index contributed by atoms with van der Waals surface area (Å²) in [5.74, 6) is 0. The van der Waals surface area contributed by atoms with Crippen LogP contribution in [-0.4, -0.2) is 24.3 Å². The van der Waals surface area contributed by atoms with Crippen molar-refractivity contribution in [3.8, 4) is 0 Å². The molecular weight excluding hydrogens is 126 g/mol. The SMILES string of the molecule is OC1CCC12CCNCC2. The molecule has 0 aromatic rings. The van der Waals surface area contributed by atoms with Crippen LogP contribution in [0.1, 0.15) is 25.7 Å². The monoisotopic (exact) mass is 141 g/mol. The minimum absolute atomic E-state index is 0.0228. The summed E-state index contributed by atoms with van der Waals surface area (Å²) in [5.41, 5.74) is 0.352. The van der Waals surface area contributed by atoms with Gasteiger partial charge in [-0.15, -0.1) is 0 Å². The minimum Gasteiger partial charge on any atom is -0.393 e. The molecule has 1 aliphatic heterocycles. The van der Waals surface area contributed by atoms with Crippen LogP contribution in [0.2, 0.25) is 0 Å². The lowest BCUT2D eigenvalue weighted by Gasteiger charge is -2.49. The first kappa shape index (κ1) is 6.62. The van der Waals surface area contributed by atoms with E-state index in [1.165, 1.54) is 19.3 Å². The summed E-state index contributed by atoms with van der Waals surface area (Å²) in [6.45, 7) is 2.22. The molecule has 2 nitrogen and oxygen atoms in total. The maximum atomic E-state index is 9.50. The Labute approximate surface area is 61.6 Å². The van der Waals surface area contributed by atoms with Crippen LogP contribution in [0.5, 0.6) is 0 Å². The Kier molecular flexibility index (Phi) is 1.46. The van der Waals surface area contributed by atoms with Crippen LogP contribution in [0.3, 0.4) is 0 Å². The lowest BCUT2D eigenvalue weighted by atomic mass is 9.61. The second kappa shape index (κ2) is 2.21. The minimum atomic E-state index is 0.0228. The van der Waals surface area contributed by atoms with Gasteiger partial charge in [0.25, 0.3) is 0 Å². The quantitative estimate of drug-likeness (QED) is 0.515. The molecule has 58 valence electrons. The maximum absolute atomic E-state index is 9.50. The van der Waals surface area contributed by atoms with Crippen molar-refractivity contribution < 1.29 is 5.11 Å². The van der Waals surface area contributed by atoms with Crippen molar-refractivity contribution in [2.75, 3.05) is 13.1 Å². The van der Waals surface area contributed by atoms with Crippen LogP contribution < -0.4 is 5.32 Å². The summed E-state index contributed by atoms with van der Waals surface area (Å²) in [5, 5.41) is 12.8. The topological polar surface area (TPSA) is 32.3 Å². The third-order valence-corrected chi connectivity index (χ3v) is 3.22. The maximum Gasteiger partial charge on any atom is 0.0597 e. The summed E-state index contributed by atoms with van der Waals surface area (Å²) in [6, 6.07) is 0. The fourth-order valence-electron chi connectivity index (χ4n) is 2.19. The Morgan fingerprint density at radius 2 is 1.90 bits per heavy atom. The van der Waals surface area contributed by atoms with E-state index < -0.39 is 0 Å². The Hall–Kier alpha value is -0.0800. The third-order valence-electron chi connectivity index (χ3n) is 3.22. The molecule has 1 heterocycles. The molecule has 0 bridgehead atoms. The highest BCUT2D eigenvalue weighted by Gasteiger charge is 2.45. The molecule has 1 atom stereocenters. The zero-order valence-electron chi connectivity index (χ0n) is 6.27. The Morgan fingerprint density at radius 3 is 2.20 bits per heavy atom. The Balaban J connectivity index is 1.99. The second-order valence-electron chi connectivity index (χ2n) is 3.67. The molecule has 0 aromatic carbocycles. The molecule has 0 amide bonds. The van der Waals surface area contributed by atoms with E-state index in [9.17, 15) is 5.11 Å². The molecule has 1 saturated carbocycles. The van der Waals surface area contributed by atoms with Crippen LogP contribution in [0.25, 0.3) is 0 Å². The number of piperidine rings is 1. The molecular formula is C8H15NO. The Bertz CT molecular complexity index is 129. The zero-order chi connectivity index (χ0) is 7.03. The normalized spacial score (nSPS) is 37.5. The molecule has 1 spiro atoms. The molecule has 0 aromatic heterocycles. The average Bonchev–Trinajstić information content (AvgIpc) is 2.04. The molecule has 10 heavy (non-hydrogen) atoms. The van der Waals surface area contributed by atoms with Gasteiger partial charge in [-0.3, -0.25) is 0 Å². The Morgan fingerprint density at radius 1 is 1.20 bits per heavy atom. The van der Waals surface area contributed by atoms with Crippen molar-refractivity contribution in [3.05, 3.63) is 0 Å². The summed E-state index contributed by atoms with van der Waals surface area (Å²) >= 11 is 0. The number of aliphatic hydroxyl groups excluding tert-OH is 1. The highest BCUT2D eigenvalue weighted by atomic mass is 16.3. The molecule has 2 heteroatoms. The van der Waals surface area contributed by atoms with E-state index in [0.29, 0.717) is 5.41 Å². The van der Waals surface area contributed by atoms with E-state index in [-0.39, 0.29) is 6.10 Å². The van der Waals surface area contributed by atoms with Crippen LogP contribution in [0.4, 0.5) is 0 Å². The first-order chi connectivity index (χ1) is 4.83. The number of hydrogen-bond acceptors (Lipinski definition) is 2. The van der Waals surface area contributed by atoms with Gasteiger partial charge in [-0.1, -0.05) is 0 Å². The molecule has 1 aliphatic carbocycles. The molecule has 2 fully saturated rings. The van der Waals surface area contributed by atoms with Crippen molar-refractivity contribution >= 4 is 0 Å². The lowest BCUT2D eigenvalue weighted by molar-refractivity contribution is -0.0826. The number of rotatable bonds is 0. The fourth-order valence-corrected chi connectivity index (χ4v) is 2.19. The molecule has 2 N–H and O–H groups in total. The van der Waals surface area contributed by atoms with E-state index in [4.69, 9.17) is 0 Å². The van der Waals surface area contributed by atoms with Crippen LogP contribution in [0, 0.1) is 5.41 Å². The largest absolute Gasteiger partial charge is 0.393 e. The molecule has 1 unspecified atom stereocenters. The van der Waals surface area contributed by atoms with Gasteiger partial charge in [0.05, 0.1) is 6.10 Å². The van der Waals surface area contributed by atoms with Gasteiger partial charge in [-0.05, 0) is 44.2 Å². The van der Waals surface area contributed by atoms with Crippen molar-refractivity contribution in [3.63, 3.8) is 0 Å². The number of nitrogens with one attached hydrogen (secondary N) is 1. The smallest absolute Gasteiger partial charge is 0.0597 e.